The average molecular weight is 340 g/mol. The molecule has 0 fully saturated rings. The second kappa shape index (κ2) is 6.19. The molecule has 0 spiro atoms. The number of rotatable bonds is 3. The normalized spacial score (nSPS) is 10.3. The van der Waals surface area contributed by atoms with E-state index in [0.717, 1.165) is 10.0 Å². The van der Waals surface area contributed by atoms with Crippen molar-refractivity contribution in [3.8, 4) is 0 Å². The van der Waals surface area contributed by atoms with Gasteiger partial charge in [0.05, 0.1) is 5.69 Å². The Morgan fingerprint density at radius 2 is 1.89 bits per heavy atom. The third-order valence-corrected chi connectivity index (χ3v) is 3.56. The van der Waals surface area contributed by atoms with E-state index in [-0.39, 0.29) is 5.91 Å². The minimum Gasteiger partial charge on any atom is -0.326 e. The molecule has 0 heterocycles. The zero-order chi connectivity index (χ0) is 13.8. The van der Waals surface area contributed by atoms with Crippen LogP contribution in [-0.4, -0.2) is 5.91 Å². The van der Waals surface area contributed by atoms with Crippen molar-refractivity contribution in [1.29, 1.82) is 0 Å². The van der Waals surface area contributed by atoms with Gasteiger partial charge in [0, 0.05) is 21.6 Å². The Bertz CT molecular complexity index is 599. The van der Waals surface area contributed by atoms with E-state index in [9.17, 15) is 4.79 Å². The third kappa shape index (κ3) is 3.56. The molecule has 2 aromatic rings. The molecule has 5 heteroatoms. The predicted octanol–water partition coefficient (Wildman–Crippen LogP) is 3.81. The molecule has 98 valence electrons. The number of carbonyl (C=O) groups is 1. The number of amides is 1. The Labute approximate surface area is 124 Å². The summed E-state index contributed by atoms with van der Waals surface area (Å²) in [6, 6.07) is 12.4. The van der Waals surface area contributed by atoms with E-state index in [0.29, 0.717) is 22.8 Å². The monoisotopic (exact) mass is 338 g/mol. The van der Waals surface area contributed by atoms with Gasteiger partial charge < -0.3 is 11.1 Å². The maximum Gasteiger partial charge on any atom is 0.255 e. The van der Waals surface area contributed by atoms with Crippen LogP contribution in [0, 0.1) is 0 Å². The highest BCUT2D eigenvalue weighted by atomic mass is 79.9. The predicted molar refractivity (Wildman–Crippen MR) is 81.4 cm³/mol. The van der Waals surface area contributed by atoms with Crippen LogP contribution in [0.15, 0.2) is 46.9 Å². The first kappa shape index (κ1) is 14.1. The summed E-state index contributed by atoms with van der Waals surface area (Å²) in [5, 5.41) is 3.37. The topological polar surface area (TPSA) is 55.1 Å². The average Bonchev–Trinajstić information content (AvgIpc) is 2.43. The van der Waals surface area contributed by atoms with Crippen molar-refractivity contribution in [2.24, 2.45) is 5.73 Å². The van der Waals surface area contributed by atoms with Crippen LogP contribution < -0.4 is 11.1 Å². The fourth-order valence-corrected chi connectivity index (χ4v) is 2.10. The Morgan fingerprint density at radius 3 is 2.53 bits per heavy atom. The third-order valence-electron chi connectivity index (χ3n) is 2.63. The van der Waals surface area contributed by atoms with Crippen LogP contribution in [-0.2, 0) is 6.54 Å². The zero-order valence-electron chi connectivity index (χ0n) is 9.99. The minimum absolute atomic E-state index is 0.188. The molecule has 0 radical (unpaired) electrons. The van der Waals surface area contributed by atoms with Gasteiger partial charge in [-0.1, -0.05) is 23.7 Å². The lowest BCUT2D eigenvalue weighted by molar-refractivity contribution is 0.102. The highest BCUT2D eigenvalue weighted by molar-refractivity contribution is 9.10. The van der Waals surface area contributed by atoms with E-state index in [1.165, 1.54) is 0 Å². The van der Waals surface area contributed by atoms with Gasteiger partial charge in [0.15, 0.2) is 0 Å². The lowest BCUT2D eigenvalue weighted by atomic mass is 10.1. The fraction of sp³-hybridized carbons (Fsp3) is 0.0714. The van der Waals surface area contributed by atoms with E-state index in [1.807, 2.05) is 12.1 Å². The molecule has 2 aromatic carbocycles. The van der Waals surface area contributed by atoms with Gasteiger partial charge in [0.2, 0.25) is 0 Å². The van der Waals surface area contributed by atoms with Gasteiger partial charge in [-0.25, -0.2) is 0 Å². The molecule has 0 aliphatic rings. The van der Waals surface area contributed by atoms with Crippen LogP contribution in [0.5, 0.6) is 0 Å². The van der Waals surface area contributed by atoms with Crippen LogP contribution in [0.1, 0.15) is 15.9 Å². The number of nitrogens with two attached hydrogens (primary N) is 1. The van der Waals surface area contributed by atoms with Gasteiger partial charge >= 0.3 is 0 Å². The number of benzene rings is 2. The van der Waals surface area contributed by atoms with Crippen molar-refractivity contribution >= 4 is 39.1 Å². The van der Waals surface area contributed by atoms with Crippen LogP contribution in [0.2, 0.25) is 5.02 Å². The first-order valence-electron chi connectivity index (χ1n) is 5.65. The molecule has 0 saturated carbocycles. The molecule has 0 atom stereocenters. The number of hydrogen-bond donors (Lipinski definition) is 2. The van der Waals surface area contributed by atoms with Crippen LogP contribution >= 0.6 is 27.5 Å². The number of anilines is 1. The second-order valence-electron chi connectivity index (χ2n) is 3.98. The molecule has 0 unspecified atom stereocenters. The number of carbonyl (C=O) groups excluding carboxylic acids is 1. The van der Waals surface area contributed by atoms with Crippen molar-refractivity contribution in [2.45, 2.75) is 6.54 Å². The van der Waals surface area contributed by atoms with Gasteiger partial charge in [-0.05, 0) is 51.8 Å². The van der Waals surface area contributed by atoms with Gasteiger partial charge in [-0.15, -0.1) is 0 Å². The summed E-state index contributed by atoms with van der Waals surface area (Å²) in [6.45, 7) is 0.460. The van der Waals surface area contributed by atoms with Gasteiger partial charge in [-0.3, -0.25) is 4.79 Å². The lowest BCUT2D eigenvalue weighted by Gasteiger charge is -2.08. The van der Waals surface area contributed by atoms with Crippen LogP contribution in [0.4, 0.5) is 5.69 Å². The molecule has 0 aliphatic heterocycles. The van der Waals surface area contributed by atoms with Crippen LogP contribution in [0.3, 0.4) is 0 Å². The van der Waals surface area contributed by atoms with E-state index in [2.05, 4.69) is 21.2 Å². The summed E-state index contributed by atoms with van der Waals surface area (Å²) >= 11 is 9.26. The van der Waals surface area contributed by atoms with Crippen molar-refractivity contribution in [3.05, 3.63) is 63.1 Å². The van der Waals surface area contributed by atoms with E-state index in [4.69, 9.17) is 17.3 Å². The molecule has 19 heavy (non-hydrogen) atoms. The van der Waals surface area contributed by atoms with Crippen molar-refractivity contribution in [2.75, 3.05) is 5.32 Å². The Kier molecular flexibility index (Phi) is 4.58. The van der Waals surface area contributed by atoms with Crippen molar-refractivity contribution in [1.82, 2.24) is 0 Å². The zero-order valence-corrected chi connectivity index (χ0v) is 12.3. The summed E-state index contributed by atoms with van der Waals surface area (Å²) in [4.78, 5) is 12.1. The van der Waals surface area contributed by atoms with E-state index < -0.39 is 0 Å². The summed E-state index contributed by atoms with van der Waals surface area (Å²) in [5.74, 6) is -0.188. The summed E-state index contributed by atoms with van der Waals surface area (Å²) in [5.41, 5.74) is 7.71. The van der Waals surface area contributed by atoms with Gasteiger partial charge in [-0.2, -0.15) is 0 Å². The van der Waals surface area contributed by atoms with Crippen molar-refractivity contribution < 1.29 is 4.79 Å². The Balaban J connectivity index is 2.18. The number of hydrogen-bond acceptors (Lipinski definition) is 2. The molecular weight excluding hydrogens is 328 g/mol. The summed E-state index contributed by atoms with van der Waals surface area (Å²) in [7, 11) is 0. The Morgan fingerprint density at radius 1 is 1.21 bits per heavy atom. The summed E-state index contributed by atoms with van der Waals surface area (Å²) in [6.07, 6.45) is 0. The largest absolute Gasteiger partial charge is 0.326 e. The molecule has 0 aliphatic carbocycles. The van der Waals surface area contributed by atoms with Crippen molar-refractivity contribution in [3.63, 3.8) is 0 Å². The first-order valence-corrected chi connectivity index (χ1v) is 6.82. The Hall–Kier alpha value is -1.36. The smallest absolute Gasteiger partial charge is 0.255 e. The highest BCUT2D eigenvalue weighted by Gasteiger charge is 2.08. The molecule has 2 rings (SSSR count). The number of nitrogens with one attached hydrogen (secondary N) is 1. The standard InChI is InChI=1S/C14H12BrClN2O/c15-12-6-5-11(16)7-13(12)18-14(19)10-3-1-9(8-17)2-4-10/h1-7H,8,17H2,(H,18,19). The SMILES string of the molecule is NCc1ccc(C(=O)Nc2cc(Cl)ccc2Br)cc1. The molecule has 3 N–H and O–H groups in total. The second-order valence-corrected chi connectivity index (χ2v) is 5.27. The maximum absolute atomic E-state index is 12.1. The molecule has 0 saturated heterocycles. The van der Waals surface area contributed by atoms with Gasteiger partial charge in [0.25, 0.3) is 5.91 Å². The maximum atomic E-state index is 12.1. The first-order chi connectivity index (χ1) is 9.10. The minimum atomic E-state index is -0.188. The molecule has 0 bridgehead atoms. The quantitative estimate of drug-likeness (QED) is 0.893. The number of halogens is 2. The van der Waals surface area contributed by atoms with E-state index in [1.54, 1.807) is 30.3 Å². The molecule has 3 nitrogen and oxygen atoms in total. The summed E-state index contributed by atoms with van der Waals surface area (Å²) < 4.78 is 0.781. The molecule has 0 aromatic heterocycles. The van der Waals surface area contributed by atoms with Gasteiger partial charge in [0.1, 0.15) is 0 Å². The van der Waals surface area contributed by atoms with E-state index >= 15 is 0 Å². The van der Waals surface area contributed by atoms with Crippen LogP contribution in [0.25, 0.3) is 0 Å². The highest BCUT2D eigenvalue weighted by Crippen LogP contribution is 2.26. The molecular formula is C14H12BrClN2O. The fourth-order valence-electron chi connectivity index (χ4n) is 1.58. The lowest BCUT2D eigenvalue weighted by Crippen LogP contribution is -2.12. The molecule has 1 amide bonds.